The summed E-state index contributed by atoms with van der Waals surface area (Å²) in [5, 5.41) is 3.02. The average Bonchev–Trinajstić information content (AvgIpc) is 2.62. The van der Waals surface area contributed by atoms with Gasteiger partial charge in [-0.25, -0.2) is 0 Å². The summed E-state index contributed by atoms with van der Waals surface area (Å²) in [4.78, 5) is 22.0. The minimum atomic E-state index is -0.336. The van der Waals surface area contributed by atoms with E-state index in [-0.39, 0.29) is 21.9 Å². The average molecular weight is 373 g/mol. The van der Waals surface area contributed by atoms with Gasteiger partial charge in [0.15, 0.2) is 0 Å². The van der Waals surface area contributed by atoms with E-state index < -0.39 is 0 Å². The van der Waals surface area contributed by atoms with Crippen LogP contribution in [0, 0.1) is 5.92 Å². The smallest absolute Gasteiger partial charge is 0.264 e. The Morgan fingerprint density at radius 3 is 2.58 bits per heavy atom. The highest BCUT2D eigenvalue weighted by Gasteiger charge is 2.20. The first kappa shape index (κ1) is 18.2. The fourth-order valence-electron chi connectivity index (χ4n) is 2.94. The summed E-state index contributed by atoms with van der Waals surface area (Å²) < 4.78 is 5.12. The molecule has 4 N–H and O–H groups in total. The normalized spacial score (nSPS) is 14.9. The van der Waals surface area contributed by atoms with E-state index in [1.807, 2.05) is 12.1 Å². The van der Waals surface area contributed by atoms with Crippen LogP contribution in [-0.2, 0) is 0 Å². The molecule has 1 aromatic carbocycles. The highest BCUT2D eigenvalue weighted by Crippen LogP contribution is 2.21. The van der Waals surface area contributed by atoms with Gasteiger partial charge >= 0.3 is 0 Å². The number of ether oxygens (including phenoxy) is 1. The lowest BCUT2D eigenvalue weighted by molar-refractivity contribution is 0.415. The first-order valence-corrected chi connectivity index (χ1v) is 8.99. The SMILES string of the molecule is COc1ccc(NC(=S)c2c(N)nc(N3CCC(C)CC3)[nH]c2=O)cc1. The van der Waals surface area contributed by atoms with Crippen molar-refractivity contribution >= 4 is 34.7 Å². The van der Waals surface area contributed by atoms with Gasteiger partial charge in [0.1, 0.15) is 22.1 Å². The number of aromatic nitrogens is 2. The van der Waals surface area contributed by atoms with Gasteiger partial charge in [-0.2, -0.15) is 4.98 Å². The zero-order valence-corrected chi connectivity index (χ0v) is 15.7. The van der Waals surface area contributed by atoms with Gasteiger partial charge in [0.25, 0.3) is 5.56 Å². The van der Waals surface area contributed by atoms with E-state index in [0.29, 0.717) is 11.9 Å². The number of aromatic amines is 1. The minimum absolute atomic E-state index is 0.133. The second-order valence-corrected chi connectivity index (χ2v) is 6.91. The van der Waals surface area contributed by atoms with Gasteiger partial charge in [-0.05, 0) is 43.0 Å². The molecule has 0 unspecified atom stereocenters. The van der Waals surface area contributed by atoms with E-state index in [2.05, 4.69) is 27.1 Å². The van der Waals surface area contributed by atoms with Crippen molar-refractivity contribution in [3.05, 3.63) is 40.2 Å². The Kier molecular flexibility index (Phi) is 5.41. The molecule has 1 aliphatic rings. The fraction of sp³-hybridized carbons (Fsp3) is 0.389. The fourth-order valence-corrected chi connectivity index (χ4v) is 3.25. The monoisotopic (exact) mass is 373 g/mol. The van der Waals surface area contributed by atoms with Crippen molar-refractivity contribution in [1.82, 2.24) is 9.97 Å². The minimum Gasteiger partial charge on any atom is -0.497 e. The molecule has 26 heavy (non-hydrogen) atoms. The number of thiocarbonyl (C=S) groups is 1. The number of nitrogen functional groups attached to an aromatic ring is 1. The van der Waals surface area contributed by atoms with Gasteiger partial charge in [0.05, 0.1) is 7.11 Å². The molecule has 7 nitrogen and oxygen atoms in total. The van der Waals surface area contributed by atoms with Crippen LogP contribution in [0.2, 0.25) is 0 Å². The van der Waals surface area contributed by atoms with Gasteiger partial charge in [-0.15, -0.1) is 0 Å². The molecule has 138 valence electrons. The predicted molar refractivity (Wildman–Crippen MR) is 108 cm³/mol. The van der Waals surface area contributed by atoms with Crippen LogP contribution in [-0.4, -0.2) is 35.2 Å². The maximum atomic E-state index is 12.6. The molecular formula is C18H23N5O2S. The third kappa shape index (κ3) is 3.96. The number of anilines is 3. The second kappa shape index (κ2) is 7.74. The maximum absolute atomic E-state index is 12.6. The number of piperidine rings is 1. The van der Waals surface area contributed by atoms with Crippen molar-refractivity contribution in [3.63, 3.8) is 0 Å². The van der Waals surface area contributed by atoms with Crippen LogP contribution in [0.1, 0.15) is 25.3 Å². The summed E-state index contributed by atoms with van der Waals surface area (Å²) in [6.45, 7) is 3.95. The zero-order valence-electron chi connectivity index (χ0n) is 14.9. The van der Waals surface area contributed by atoms with Crippen LogP contribution in [0.5, 0.6) is 5.75 Å². The summed E-state index contributed by atoms with van der Waals surface area (Å²) in [7, 11) is 1.60. The molecule has 0 aliphatic carbocycles. The van der Waals surface area contributed by atoms with Gasteiger partial charge in [0, 0.05) is 18.8 Å². The predicted octanol–water partition coefficient (Wildman–Crippen LogP) is 2.38. The highest BCUT2D eigenvalue weighted by molar-refractivity contribution is 7.81. The summed E-state index contributed by atoms with van der Waals surface area (Å²) in [6.07, 6.45) is 2.14. The molecule has 2 aromatic rings. The van der Waals surface area contributed by atoms with Crippen molar-refractivity contribution in [2.45, 2.75) is 19.8 Å². The third-order valence-corrected chi connectivity index (χ3v) is 4.90. The molecule has 1 aromatic heterocycles. The van der Waals surface area contributed by atoms with Crippen molar-refractivity contribution in [2.24, 2.45) is 5.92 Å². The van der Waals surface area contributed by atoms with Crippen molar-refractivity contribution < 1.29 is 4.74 Å². The quantitative estimate of drug-likeness (QED) is 0.708. The number of hydrogen-bond donors (Lipinski definition) is 3. The van der Waals surface area contributed by atoms with E-state index in [1.54, 1.807) is 19.2 Å². The highest BCUT2D eigenvalue weighted by atomic mass is 32.1. The molecule has 1 aliphatic heterocycles. The molecular weight excluding hydrogens is 350 g/mol. The van der Waals surface area contributed by atoms with Crippen LogP contribution in [0.25, 0.3) is 0 Å². The molecule has 3 rings (SSSR count). The zero-order chi connectivity index (χ0) is 18.7. The van der Waals surface area contributed by atoms with Crippen molar-refractivity contribution in [2.75, 3.05) is 36.1 Å². The van der Waals surface area contributed by atoms with E-state index in [9.17, 15) is 4.79 Å². The molecule has 0 amide bonds. The molecule has 0 atom stereocenters. The molecule has 1 saturated heterocycles. The molecule has 0 bridgehead atoms. The second-order valence-electron chi connectivity index (χ2n) is 6.50. The van der Waals surface area contributed by atoms with Gasteiger partial charge in [-0.1, -0.05) is 19.1 Å². The van der Waals surface area contributed by atoms with Gasteiger partial charge < -0.3 is 20.7 Å². The Hall–Kier alpha value is -2.61. The number of methoxy groups -OCH3 is 1. The number of H-pyrrole nitrogens is 1. The van der Waals surface area contributed by atoms with Crippen molar-refractivity contribution in [3.8, 4) is 5.75 Å². The Balaban J connectivity index is 1.79. The summed E-state index contributed by atoms with van der Waals surface area (Å²) in [5.74, 6) is 2.07. The van der Waals surface area contributed by atoms with Gasteiger partial charge in [0.2, 0.25) is 5.95 Å². The number of benzene rings is 1. The van der Waals surface area contributed by atoms with Crippen LogP contribution < -0.4 is 26.2 Å². The number of rotatable bonds is 4. The van der Waals surface area contributed by atoms with E-state index >= 15 is 0 Å². The van der Waals surface area contributed by atoms with Crippen LogP contribution in [0.15, 0.2) is 29.1 Å². The lowest BCUT2D eigenvalue weighted by Gasteiger charge is -2.30. The Morgan fingerprint density at radius 1 is 1.35 bits per heavy atom. The first-order chi connectivity index (χ1) is 12.5. The Bertz CT molecular complexity index is 842. The number of hydrogen-bond acceptors (Lipinski definition) is 6. The third-order valence-electron chi connectivity index (χ3n) is 4.59. The lowest BCUT2D eigenvalue weighted by atomic mass is 10.00. The molecule has 0 saturated carbocycles. The summed E-state index contributed by atoms with van der Waals surface area (Å²) >= 11 is 5.36. The van der Waals surface area contributed by atoms with Crippen LogP contribution in [0.4, 0.5) is 17.5 Å². The molecule has 8 heteroatoms. The van der Waals surface area contributed by atoms with E-state index in [4.69, 9.17) is 22.7 Å². The Morgan fingerprint density at radius 2 is 2.00 bits per heavy atom. The van der Waals surface area contributed by atoms with Crippen LogP contribution in [0.3, 0.4) is 0 Å². The molecule has 1 fully saturated rings. The van der Waals surface area contributed by atoms with Crippen molar-refractivity contribution in [1.29, 1.82) is 0 Å². The number of nitrogens with two attached hydrogens (primary N) is 1. The molecule has 2 heterocycles. The summed E-state index contributed by atoms with van der Waals surface area (Å²) in [5.41, 5.74) is 6.64. The number of nitrogens with one attached hydrogen (secondary N) is 2. The maximum Gasteiger partial charge on any atom is 0.264 e. The lowest BCUT2D eigenvalue weighted by Crippen LogP contribution is -2.36. The number of nitrogens with zero attached hydrogens (tertiary/aromatic N) is 2. The standard InChI is InChI=1S/C18H23N5O2S/c1-11-7-9-23(10-8-11)18-21-15(19)14(16(24)22-18)17(26)20-12-3-5-13(25-2)6-4-12/h3-6,11H,7-10H2,1-2H3,(H,20,26)(H3,19,21,22,24). The van der Waals surface area contributed by atoms with E-state index in [0.717, 1.165) is 37.4 Å². The molecule has 0 radical (unpaired) electrons. The van der Waals surface area contributed by atoms with E-state index in [1.165, 1.54) is 0 Å². The molecule has 0 spiro atoms. The first-order valence-electron chi connectivity index (χ1n) is 8.58. The van der Waals surface area contributed by atoms with Crippen LogP contribution >= 0.6 is 12.2 Å². The Labute approximate surface area is 157 Å². The topological polar surface area (TPSA) is 96.3 Å². The largest absolute Gasteiger partial charge is 0.497 e. The summed E-state index contributed by atoms with van der Waals surface area (Å²) in [6, 6.07) is 7.23. The van der Waals surface area contributed by atoms with Gasteiger partial charge in [-0.3, -0.25) is 9.78 Å².